The SMILES string of the molecule is C=C(C)CCNC1CCCC1SC. The summed E-state index contributed by atoms with van der Waals surface area (Å²) in [4.78, 5) is 0. The van der Waals surface area contributed by atoms with Gasteiger partial charge in [0.15, 0.2) is 0 Å². The van der Waals surface area contributed by atoms with E-state index in [1.165, 1.54) is 24.8 Å². The molecule has 0 aromatic rings. The third kappa shape index (κ3) is 3.74. The number of nitrogens with one attached hydrogen (secondary N) is 1. The summed E-state index contributed by atoms with van der Waals surface area (Å²) in [5, 5.41) is 4.48. The molecule has 0 heterocycles. The van der Waals surface area contributed by atoms with Crippen molar-refractivity contribution in [2.24, 2.45) is 0 Å². The second kappa shape index (κ2) is 5.71. The number of hydrogen-bond acceptors (Lipinski definition) is 2. The van der Waals surface area contributed by atoms with Crippen LogP contribution < -0.4 is 5.32 Å². The van der Waals surface area contributed by atoms with Gasteiger partial charge in [0.1, 0.15) is 0 Å². The summed E-state index contributed by atoms with van der Waals surface area (Å²) in [6.07, 6.45) is 7.50. The van der Waals surface area contributed by atoms with E-state index in [1.807, 2.05) is 11.8 Å². The van der Waals surface area contributed by atoms with Crippen LogP contribution in [0, 0.1) is 0 Å². The highest BCUT2D eigenvalue weighted by Gasteiger charge is 2.25. The van der Waals surface area contributed by atoms with Crippen LogP contribution in [0.2, 0.25) is 0 Å². The summed E-state index contributed by atoms with van der Waals surface area (Å²) in [6, 6.07) is 0.759. The topological polar surface area (TPSA) is 12.0 Å². The molecule has 1 N–H and O–H groups in total. The van der Waals surface area contributed by atoms with Crippen molar-refractivity contribution < 1.29 is 0 Å². The van der Waals surface area contributed by atoms with Gasteiger partial charge in [-0.25, -0.2) is 0 Å². The molecule has 0 aromatic heterocycles. The molecule has 0 bridgehead atoms. The van der Waals surface area contributed by atoms with Gasteiger partial charge >= 0.3 is 0 Å². The molecular weight excluding hydrogens is 178 g/mol. The van der Waals surface area contributed by atoms with Crippen molar-refractivity contribution in [1.29, 1.82) is 0 Å². The average Bonchev–Trinajstić information content (AvgIpc) is 2.51. The van der Waals surface area contributed by atoms with Gasteiger partial charge in [-0.15, -0.1) is 6.58 Å². The maximum atomic E-state index is 3.91. The van der Waals surface area contributed by atoms with Gasteiger partial charge in [0.2, 0.25) is 0 Å². The highest BCUT2D eigenvalue weighted by Crippen LogP contribution is 2.28. The fourth-order valence-electron chi connectivity index (χ4n) is 1.91. The zero-order valence-corrected chi connectivity index (χ0v) is 9.62. The molecule has 1 fully saturated rings. The number of hydrogen-bond donors (Lipinski definition) is 1. The Morgan fingerprint density at radius 2 is 2.31 bits per heavy atom. The molecule has 2 unspecified atom stereocenters. The van der Waals surface area contributed by atoms with Crippen LogP contribution in [-0.4, -0.2) is 24.1 Å². The molecule has 0 saturated heterocycles. The van der Waals surface area contributed by atoms with Crippen LogP contribution in [0.1, 0.15) is 32.6 Å². The van der Waals surface area contributed by atoms with E-state index < -0.39 is 0 Å². The molecule has 76 valence electrons. The van der Waals surface area contributed by atoms with Crippen molar-refractivity contribution in [2.75, 3.05) is 12.8 Å². The van der Waals surface area contributed by atoms with Gasteiger partial charge in [-0.05, 0) is 39.0 Å². The Morgan fingerprint density at radius 1 is 1.54 bits per heavy atom. The van der Waals surface area contributed by atoms with Crippen molar-refractivity contribution in [3.8, 4) is 0 Å². The van der Waals surface area contributed by atoms with E-state index >= 15 is 0 Å². The van der Waals surface area contributed by atoms with Crippen LogP contribution in [0.3, 0.4) is 0 Å². The Bertz CT molecular complexity index is 167. The zero-order valence-electron chi connectivity index (χ0n) is 8.81. The lowest BCUT2D eigenvalue weighted by Gasteiger charge is -2.19. The van der Waals surface area contributed by atoms with Crippen LogP contribution >= 0.6 is 11.8 Å². The fraction of sp³-hybridized carbons (Fsp3) is 0.818. The minimum absolute atomic E-state index is 0.759. The van der Waals surface area contributed by atoms with Crippen LogP contribution in [0.5, 0.6) is 0 Å². The Hall–Kier alpha value is 0.0500. The first-order chi connectivity index (χ1) is 6.24. The third-order valence-electron chi connectivity index (χ3n) is 2.71. The molecule has 0 aliphatic heterocycles. The van der Waals surface area contributed by atoms with Gasteiger partial charge in [0.05, 0.1) is 0 Å². The van der Waals surface area contributed by atoms with Gasteiger partial charge < -0.3 is 5.32 Å². The smallest absolute Gasteiger partial charge is 0.0198 e. The molecule has 1 nitrogen and oxygen atoms in total. The molecular formula is C11H21NS. The Kier molecular flexibility index (Phi) is 4.89. The Labute approximate surface area is 86.4 Å². The van der Waals surface area contributed by atoms with Gasteiger partial charge in [-0.2, -0.15) is 11.8 Å². The van der Waals surface area contributed by atoms with Crippen molar-refractivity contribution >= 4 is 11.8 Å². The number of thioether (sulfide) groups is 1. The number of rotatable bonds is 5. The molecule has 1 aliphatic carbocycles. The lowest BCUT2D eigenvalue weighted by atomic mass is 10.2. The molecule has 0 radical (unpaired) electrons. The molecule has 0 amide bonds. The van der Waals surface area contributed by atoms with Crippen LogP contribution in [0.25, 0.3) is 0 Å². The zero-order chi connectivity index (χ0) is 9.68. The molecule has 0 spiro atoms. The quantitative estimate of drug-likeness (QED) is 0.683. The second-order valence-electron chi connectivity index (χ2n) is 3.97. The molecule has 13 heavy (non-hydrogen) atoms. The predicted molar refractivity (Wildman–Crippen MR) is 62.4 cm³/mol. The highest BCUT2D eigenvalue weighted by molar-refractivity contribution is 7.99. The first-order valence-corrected chi connectivity index (χ1v) is 6.43. The first kappa shape index (κ1) is 11.1. The average molecular weight is 199 g/mol. The molecule has 0 aromatic carbocycles. The van der Waals surface area contributed by atoms with Gasteiger partial charge in [-0.1, -0.05) is 12.0 Å². The van der Waals surface area contributed by atoms with Crippen molar-refractivity contribution in [1.82, 2.24) is 5.32 Å². The van der Waals surface area contributed by atoms with Gasteiger partial charge in [0, 0.05) is 11.3 Å². The largest absolute Gasteiger partial charge is 0.313 e. The Balaban J connectivity index is 2.16. The minimum Gasteiger partial charge on any atom is -0.313 e. The maximum Gasteiger partial charge on any atom is 0.0198 e. The van der Waals surface area contributed by atoms with Gasteiger partial charge in [-0.3, -0.25) is 0 Å². The van der Waals surface area contributed by atoms with Crippen LogP contribution in [-0.2, 0) is 0 Å². The van der Waals surface area contributed by atoms with Crippen molar-refractivity contribution in [2.45, 2.75) is 43.9 Å². The van der Waals surface area contributed by atoms with E-state index in [0.29, 0.717) is 0 Å². The predicted octanol–water partition coefficient (Wildman–Crippen LogP) is 2.83. The highest BCUT2D eigenvalue weighted by atomic mass is 32.2. The Morgan fingerprint density at radius 3 is 2.92 bits per heavy atom. The molecule has 1 saturated carbocycles. The summed E-state index contributed by atoms with van der Waals surface area (Å²) in [7, 11) is 0. The maximum absolute atomic E-state index is 3.91. The lowest BCUT2D eigenvalue weighted by Crippen LogP contribution is -2.34. The molecule has 1 rings (SSSR count). The summed E-state index contributed by atoms with van der Waals surface area (Å²) in [5.41, 5.74) is 1.28. The standard InChI is InChI=1S/C11H21NS/c1-9(2)7-8-12-10-5-4-6-11(10)13-3/h10-12H,1,4-8H2,2-3H3. The molecule has 2 heteroatoms. The van der Waals surface area contributed by atoms with E-state index in [1.54, 1.807) is 0 Å². The third-order valence-corrected chi connectivity index (χ3v) is 3.88. The van der Waals surface area contributed by atoms with Crippen molar-refractivity contribution in [3.05, 3.63) is 12.2 Å². The van der Waals surface area contributed by atoms with E-state index in [0.717, 1.165) is 24.3 Å². The second-order valence-corrected chi connectivity index (χ2v) is 5.05. The normalized spacial score (nSPS) is 27.8. The first-order valence-electron chi connectivity index (χ1n) is 5.14. The molecule has 1 aliphatic rings. The van der Waals surface area contributed by atoms with E-state index in [2.05, 4.69) is 25.1 Å². The molecule has 2 atom stereocenters. The summed E-state index contributed by atoms with van der Waals surface area (Å²) >= 11 is 2.01. The van der Waals surface area contributed by atoms with Gasteiger partial charge in [0.25, 0.3) is 0 Å². The van der Waals surface area contributed by atoms with E-state index in [4.69, 9.17) is 0 Å². The summed E-state index contributed by atoms with van der Waals surface area (Å²) in [6.45, 7) is 7.12. The van der Waals surface area contributed by atoms with Crippen LogP contribution in [0.4, 0.5) is 0 Å². The summed E-state index contributed by atoms with van der Waals surface area (Å²) < 4.78 is 0. The van der Waals surface area contributed by atoms with Crippen molar-refractivity contribution in [3.63, 3.8) is 0 Å². The van der Waals surface area contributed by atoms with Crippen LogP contribution in [0.15, 0.2) is 12.2 Å². The summed E-state index contributed by atoms with van der Waals surface area (Å²) in [5.74, 6) is 0. The lowest BCUT2D eigenvalue weighted by molar-refractivity contribution is 0.535. The minimum atomic E-state index is 0.759. The van der Waals surface area contributed by atoms with E-state index in [9.17, 15) is 0 Å². The fourth-order valence-corrected chi connectivity index (χ4v) is 2.88. The monoisotopic (exact) mass is 199 g/mol. The van der Waals surface area contributed by atoms with E-state index in [-0.39, 0.29) is 0 Å².